The molecular weight excluding hydrogens is 252 g/mol. The lowest BCUT2D eigenvalue weighted by Crippen LogP contribution is -2.52. The van der Waals surface area contributed by atoms with Crippen LogP contribution < -0.4 is 15.8 Å². The van der Waals surface area contributed by atoms with Crippen LogP contribution >= 0.6 is 0 Å². The van der Waals surface area contributed by atoms with Gasteiger partial charge in [-0.1, -0.05) is 19.9 Å². The van der Waals surface area contributed by atoms with Gasteiger partial charge in [-0.25, -0.2) is 0 Å². The molecule has 1 aromatic carbocycles. The fourth-order valence-corrected chi connectivity index (χ4v) is 2.39. The van der Waals surface area contributed by atoms with Gasteiger partial charge in [0.1, 0.15) is 5.75 Å². The Bertz CT molecular complexity index is 472. The van der Waals surface area contributed by atoms with E-state index < -0.39 is 0 Å². The van der Waals surface area contributed by atoms with E-state index in [1.54, 1.807) is 19.2 Å². The van der Waals surface area contributed by atoms with E-state index in [1.807, 2.05) is 19.9 Å². The highest BCUT2D eigenvalue weighted by atomic mass is 16.5. The van der Waals surface area contributed by atoms with Crippen molar-refractivity contribution in [2.75, 3.05) is 13.7 Å². The minimum absolute atomic E-state index is 0.114. The number of hydrogen-bond donors (Lipinski definition) is 2. The van der Waals surface area contributed by atoms with E-state index in [2.05, 4.69) is 19.2 Å². The van der Waals surface area contributed by atoms with Crippen molar-refractivity contribution in [2.45, 2.75) is 39.7 Å². The van der Waals surface area contributed by atoms with Crippen LogP contribution in [0.15, 0.2) is 18.2 Å². The zero-order valence-corrected chi connectivity index (χ0v) is 13.1. The van der Waals surface area contributed by atoms with Crippen LogP contribution in [0.3, 0.4) is 0 Å². The lowest BCUT2D eigenvalue weighted by atomic mass is 9.90. The summed E-state index contributed by atoms with van der Waals surface area (Å²) in [4.78, 5) is 12.4. The fourth-order valence-electron chi connectivity index (χ4n) is 2.39. The van der Waals surface area contributed by atoms with Gasteiger partial charge in [-0.3, -0.25) is 4.79 Å². The SMILES string of the molecule is COc1cc(C(=O)NC(C)(CN)CC(C)C)ccc1C. The molecule has 1 unspecified atom stereocenters. The zero-order valence-electron chi connectivity index (χ0n) is 13.1. The molecule has 0 heterocycles. The summed E-state index contributed by atoms with van der Waals surface area (Å²) in [6, 6.07) is 5.45. The summed E-state index contributed by atoms with van der Waals surface area (Å²) in [7, 11) is 1.60. The molecule has 1 rings (SSSR count). The van der Waals surface area contributed by atoms with Gasteiger partial charge in [0.05, 0.1) is 7.11 Å². The van der Waals surface area contributed by atoms with Crippen molar-refractivity contribution < 1.29 is 9.53 Å². The van der Waals surface area contributed by atoms with Gasteiger partial charge in [0, 0.05) is 17.6 Å². The Morgan fingerprint density at radius 3 is 2.60 bits per heavy atom. The van der Waals surface area contributed by atoms with Crippen LogP contribution in [0.4, 0.5) is 0 Å². The highest BCUT2D eigenvalue weighted by molar-refractivity contribution is 5.95. The van der Waals surface area contributed by atoms with E-state index in [4.69, 9.17) is 10.5 Å². The molecule has 20 heavy (non-hydrogen) atoms. The summed E-state index contributed by atoms with van der Waals surface area (Å²) >= 11 is 0. The van der Waals surface area contributed by atoms with E-state index in [1.165, 1.54) is 0 Å². The molecule has 4 nitrogen and oxygen atoms in total. The number of methoxy groups -OCH3 is 1. The van der Waals surface area contributed by atoms with E-state index in [9.17, 15) is 4.79 Å². The molecule has 1 aromatic rings. The Hall–Kier alpha value is -1.55. The summed E-state index contributed by atoms with van der Waals surface area (Å²) in [6.07, 6.45) is 0.845. The van der Waals surface area contributed by atoms with Crippen LogP contribution in [0.2, 0.25) is 0 Å². The van der Waals surface area contributed by atoms with Crippen molar-refractivity contribution >= 4 is 5.91 Å². The molecule has 3 N–H and O–H groups in total. The number of ether oxygens (including phenoxy) is 1. The zero-order chi connectivity index (χ0) is 15.3. The Morgan fingerprint density at radius 1 is 1.45 bits per heavy atom. The maximum absolute atomic E-state index is 12.4. The van der Waals surface area contributed by atoms with Crippen LogP contribution in [-0.4, -0.2) is 25.1 Å². The normalized spacial score (nSPS) is 13.9. The van der Waals surface area contributed by atoms with E-state index in [-0.39, 0.29) is 11.4 Å². The fraction of sp³-hybridized carbons (Fsp3) is 0.562. The smallest absolute Gasteiger partial charge is 0.251 e. The molecule has 1 atom stereocenters. The first kappa shape index (κ1) is 16.5. The number of hydrogen-bond acceptors (Lipinski definition) is 3. The summed E-state index contributed by atoms with van der Waals surface area (Å²) in [5, 5.41) is 3.04. The molecule has 0 aliphatic heterocycles. The topological polar surface area (TPSA) is 64.3 Å². The molecule has 1 amide bonds. The number of aryl methyl sites for hydroxylation is 1. The van der Waals surface area contributed by atoms with Gasteiger partial charge >= 0.3 is 0 Å². The summed E-state index contributed by atoms with van der Waals surface area (Å²) in [5.41, 5.74) is 7.04. The molecule has 0 spiro atoms. The van der Waals surface area contributed by atoms with Gasteiger partial charge in [0.25, 0.3) is 5.91 Å². The summed E-state index contributed by atoms with van der Waals surface area (Å²) in [6.45, 7) is 8.59. The first-order chi connectivity index (χ1) is 9.31. The lowest BCUT2D eigenvalue weighted by molar-refractivity contribution is 0.0898. The quantitative estimate of drug-likeness (QED) is 0.840. The predicted octanol–water partition coefficient (Wildman–Crippen LogP) is 2.50. The second kappa shape index (κ2) is 6.75. The number of rotatable bonds is 6. The molecule has 0 fully saturated rings. The molecular formula is C16H26N2O2. The number of benzene rings is 1. The standard InChI is InChI=1S/C16H26N2O2/c1-11(2)9-16(4,10-17)18-15(19)13-7-6-12(3)14(8-13)20-5/h6-8,11H,9-10,17H2,1-5H3,(H,18,19). The molecule has 0 radical (unpaired) electrons. The average molecular weight is 278 g/mol. The van der Waals surface area contributed by atoms with Crippen molar-refractivity contribution in [2.24, 2.45) is 11.7 Å². The molecule has 0 saturated carbocycles. The second-order valence-corrected chi connectivity index (χ2v) is 6.00. The van der Waals surface area contributed by atoms with Crippen molar-refractivity contribution in [3.05, 3.63) is 29.3 Å². The minimum Gasteiger partial charge on any atom is -0.496 e. The lowest BCUT2D eigenvalue weighted by Gasteiger charge is -2.31. The number of nitrogens with two attached hydrogens (primary N) is 1. The molecule has 0 saturated heterocycles. The molecule has 0 aromatic heterocycles. The minimum atomic E-state index is -0.386. The molecule has 0 aliphatic rings. The Morgan fingerprint density at radius 2 is 2.10 bits per heavy atom. The van der Waals surface area contributed by atoms with Crippen molar-refractivity contribution in [1.29, 1.82) is 0 Å². The van der Waals surface area contributed by atoms with Crippen molar-refractivity contribution in [3.8, 4) is 5.75 Å². The highest BCUT2D eigenvalue weighted by Crippen LogP contribution is 2.20. The third kappa shape index (κ3) is 4.23. The van der Waals surface area contributed by atoms with Crippen LogP contribution in [0.5, 0.6) is 5.75 Å². The highest BCUT2D eigenvalue weighted by Gasteiger charge is 2.26. The van der Waals surface area contributed by atoms with E-state index >= 15 is 0 Å². The number of nitrogens with one attached hydrogen (secondary N) is 1. The number of amides is 1. The third-order valence-corrected chi connectivity index (χ3v) is 3.39. The predicted molar refractivity (Wildman–Crippen MR) is 82.1 cm³/mol. The molecule has 112 valence electrons. The Kier molecular flexibility index (Phi) is 5.57. The van der Waals surface area contributed by atoms with E-state index in [0.29, 0.717) is 18.0 Å². The van der Waals surface area contributed by atoms with Crippen molar-refractivity contribution in [3.63, 3.8) is 0 Å². The van der Waals surface area contributed by atoms with Crippen LogP contribution in [0.1, 0.15) is 43.1 Å². The summed E-state index contributed by atoms with van der Waals surface area (Å²) in [5.74, 6) is 1.07. The number of carbonyl (C=O) groups is 1. The monoisotopic (exact) mass is 278 g/mol. The molecule has 0 aliphatic carbocycles. The Balaban J connectivity index is 2.89. The van der Waals surface area contributed by atoms with Crippen LogP contribution in [0, 0.1) is 12.8 Å². The van der Waals surface area contributed by atoms with Gasteiger partial charge in [-0.05, 0) is 43.9 Å². The largest absolute Gasteiger partial charge is 0.496 e. The molecule has 4 heteroatoms. The van der Waals surface area contributed by atoms with Gasteiger partial charge in [-0.15, -0.1) is 0 Å². The van der Waals surface area contributed by atoms with Gasteiger partial charge < -0.3 is 15.8 Å². The Labute approximate surface area is 121 Å². The molecule has 0 bridgehead atoms. The summed E-state index contributed by atoms with van der Waals surface area (Å²) < 4.78 is 5.25. The maximum Gasteiger partial charge on any atom is 0.251 e. The van der Waals surface area contributed by atoms with Gasteiger partial charge in [0.2, 0.25) is 0 Å². The second-order valence-electron chi connectivity index (χ2n) is 6.00. The van der Waals surface area contributed by atoms with Crippen molar-refractivity contribution in [1.82, 2.24) is 5.32 Å². The van der Waals surface area contributed by atoms with Crippen LogP contribution in [0.25, 0.3) is 0 Å². The first-order valence-corrected chi connectivity index (χ1v) is 6.98. The first-order valence-electron chi connectivity index (χ1n) is 6.98. The number of carbonyl (C=O) groups excluding carboxylic acids is 1. The maximum atomic E-state index is 12.4. The van der Waals surface area contributed by atoms with Crippen LogP contribution in [-0.2, 0) is 0 Å². The van der Waals surface area contributed by atoms with Gasteiger partial charge in [0.15, 0.2) is 0 Å². The van der Waals surface area contributed by atoms with Gasteiger partial charge in [-0.2, -0.15) is 0 Å². The third-order valence-electron chi connectivity index (χ3n) is 3.39. The average Bonchev–Trinajstić information content (AvgIpc) is 2.38. The van der Waals surface area contributed by atoms with E-state index in [0.717, 1.165) is 17.7 Å².